The number of benzene rings is 1. The molecule has 21 heavy (non-hydrogen) atoms. The van der Waals surface area contributed by atoms with Gasteiger partial charge in [-0.05, 0) is 29.1 Å². The minimum absolute atomic E-state index is 0.244. The molecule has 5 nitrogen and oxygen atoms in total. The second-order valence-corrected chi connectivity index (χ2v) is 5.74. The maximum absolute atomic E-state index is 12.2. The number of H-pyrrole nitrogens is 1. The van der Waals surface area contributed by atoms with Gasteiger partial charge in [0.2, 0.25) is 0 Å². The van der Waals surface area contributed by atoms with Gasteiger partial charge in [-0.25, -0.2) is 0 Å². The summed E-state index contributed by atoms with van der Waals surface area (Å²) >= 11 is 7.50. The number of amides is 1. The molecule has 1 aromatic carbocycles. The molecule has 0 fully saturated rings. The van der Waals surface area contributed by atoms with Crippen molar-refractivity contribution in [3.05, 3.63) is 69.1 Å². The standard InChI is InChI=1S/C14H11ClN4OS/c15-10-5-3-9(4-6-10)13(12-2-1-7-21-12)17-14(20)11-8-16-19-18-11/h1-8,13H,(H,17,20)(H,16,18,19). The zero-order valence-corrected chi connectivity index (χ0v) is 12.4. The van der Waals surface area contributed by atoms with Gasteiger partial charge in [0.05, 0.1) is 12.2 Å². The smallest absolute Gasteiger partial charge is 0.274 e. The van der Waals surface area contributed by atoms with Crippen LogP contribution < -0.4 is 5.32 Å². The van der Waals surface area contributed by atoms with E-state index in [4.69, 9.17) is 11.6 Å². The zero-order valence-electron chi connectivity index (χ0n) is 10.8. The first-order valence-electron chi connectivity index (χ1n) is 6.19. The van der Waals surface area contributed by atoms with Crippen molar-refractivity contribution in [2.75, 3.05) is 0 Å². The minimum atomic E-state index is -0.280. The maximum Gasteiger partial charge on any atom is 0.274 e. The van der Waals surface area contributed by atoms with Crippen LogP contribution in [0.25, 0.3) is 0 Å². The summed E-state index contributed by atoms with van der Waals surface area (Å²) in [5.41, 5.74) is 1.21. The molecule has 0 saturated heterocycles. The quantitative estimate of drug-likeness (QED) is 0.776. The molecule has 0 aliphatic rings. The predicted octanol–water partition coefficient (Wildman–Crippen LogP) is 3.04. The van der Waals surface area contributed by atoms with Gasteiger partial charge in [-0.2, -0.15) is 15.4 Å². The van der Waals surface area contributed by atoms with Crippen LogP contribution in [0.3, 0.4) is 0 Å². The Labute approximate surface area is 130 Å². The third-order valence-electron chi connectivity index (χ3n) is 2.95. The molecule has 0 spiro atoms. The molecule has 2 heterocycles. The second kappa shape index (κ2) is 6.07. The molecule has 106 valence electrons. The van der Waals surface area contributed by atoms with Crippen molar-refractivity contribution in [1.82, 2.24) is 20.7 Å². The Hall–Kier alpha value is -2.18. The zero-order chi connectivity index (χ0) is 14.7. The summed E-state index contributed by atoms with van der Waals surface area (Å²) in [6, 6.07) is 11.1. The third kappa shape index (κ3) is 3.12. The van der Waals surface area contributed by atoms with Gasteiger partial charge in [0, 0.05) is 9.90 Å². The summed E-state index contributed by atoms with van der Waals surface area (Å²) in [6.07, 6.45) is 1.39. The Bertz CT molecular complexity index is 710. The molecule has 0 bridgehead atoms. The van der Waals surface area contributed by atoms with E-state index < -0.39 is 0 Å². The van der Waals surface area contributed by atoms with Gasteiger partial charge in [0.1, 0.15) is 0 Å². The van der Waals surface area contributed by atoms with Crippen LogP contribution in [0.1, 0.15) is 27.0 Å². The fourth-order valence-electron chi connectivity index (χ4n) is 1.95. The summed E-state index contributed by atoms with van der Waals surface area (Å²) in [4.78, 5) is 13.2. The number of hydrogen-bond acceptors (Lipinski definition) is 4. The number of rotatable bonds is 4. The number of aromatic nitrogens is 3. The van der Waals surface area contributed by atoms with Crippen LogP contribution >= 0.6 is 22.9 Å². The first kappa shape index (κ1) is 13.8. The van der Waals surface area contributed by atoms with Gasteiger partial charge < -0.3 is 5.32 Å². The van der Waals surface area contributed by atoms with Crippen molar-refractivity contribution in [2.24, 2.45) is 0 Å². The van der Waals surface area contributed by atoms with E-state index in [0.717, 1.165) is 10.4 Å². The molecular formula is C14H11ClN4OS. The highest BCUT2D eigenvalue weighted by molar-refractivity contribution is 7.10. The van der Waals surface area contributed by atoms with Gasteiger partial charge in [0.15, 0.2) is 5.69 Å². The van der Waals surface area contributed by atoms with Crippen molar-refractivity contribution in [1.29, 1.82) is 0 Å². The normalized spacial score (nSPS) is 12.0. The molecule has 1 amide bonds. The van der Waals surface area contributed by atoms with Crippen molar-refractivity contribution < 1.29 is 4.79 Å². The minimum Gasteiger partial charge on any atom is -0.339 e. The van der Waals surface area contributed by atoms with E-state index >= 15 is 0 Å². The van der Waals surface area contributed by atoms with E-state index in [-0.39, 0.29) is 17.6 Å². The number of aromatic amines is 1. The lowest BCUT2D eigenvalue weighted by Crippen LogP contribution is -2.29. The highest BCUT2D eigenvalue weighted by Crippen LogP contribution is 2.27. The summed E-state index contributed by atoms with van der Waals surface area (Å²) in [7, 11) is 0. The molecule has 0 aliphatic carbocycles. The van der Waals surface area contributed by atoms with Gasteiger partial charge in [-0.15, -0.1) is 11.3 Å². The van der Waals surface area contributed by atoms with Gasteiger partial charge in [-0.3, -0.25) is 4.79 Å². The molecule has 7 heteroatoms. The van der Waals surface area contributed by atoms with Crippen LogP contribution in [-0.4, -0.2) is 21.3 Å². The fourth-order valence-corrected chi connectivity index (χ4v) is 2.87. The summed E-state index contributed by atoms with van der Waals surface area (Å²) in [6.45, 7) is 0. The molecule has 0 aliphatic heterocycles. The van der Waals surface area contributed by atoms with E-state index in [1.807, 2.05) is 29.6 Å². The Balaban J connectivity index is 1.90. The lowest BCUT2D eigenvalue weighted by Gasteiger charge is -2.17. The van der Waals surface area contributed by atoms with Crippen molar-refractivity contribution >= 4 is 28.8 Å². The first-order valence-corrected chi connectivity index (χ1v) is 7.45. The Morgan fingerprint density at radius 3 is 2.71 bits per heavy atom. The number of halogens is 1. The average Bonchev–Trinajstić information content (AvgIpc) is 3.19. The Morgan fingerprint density at radius 1 is 1.29 bits per heavy atom. The molecule has 0 saturated carbocycles. The van der Waals surface area contributed by atoms with E-state index in [1.54, 1.807) is 23.5 Å². The van der Waals surface area contributed by atoms with Crippen LogP contribution in [0.2, 0.25) is 5.02 Å². The molecule has 1 unspecified atom stereocenters. The predicted molar refractivity (Wildman–Crippen MR) is 81.5 cm³/mol. The SMILES string of the molecule is O=C(NC(c1ccc(Cl)cc1)c1cccs1)c1cn[nH]n1. The molecule has 2 N–H and O–H groups in total. The van der Waals surface area contributed by atoms with Gasteiger partial charge in [0.25, 0.3) is 5.91 Å². The van der Waals surface area contributed by atoms with E-state index in [0.29, 0.717) is 5.02 Å². The van der Waals surface area contributed by atoms with E-state index in [1.165, 1.54) is 6.20 Å². The number of nitrogens with zero attached hydrogens (tertiary/aromatic N) is 2. The molecule has 1 atom stereocenters. The van der Waals surface area contributed by atoms with Crippen LogP contribution in [0, 0.1) is 0 Å². The number of hydrogen-bond donors (Lipinski definition) is 2. The van der Waals surface area contributed by atoms with Crippen molar-refractivity contribution in [3.63, 3.8) is 0 Å². The number of carbonyl (C=O) groups is 1. The average molecular weight is 319 g/mol. The van der Waals surface area contributed by atoms with Crippen LogP contribution in [-0.2, 0) is 0 Å². The highest BCUT2D eigenvalue weighted by atomic mass is 35.5. The van der Waals surface area contributed by atoms with Crippen LogP contribution in [0.5, 0.6) is 0 Å². The lowest BCUT2D eigenvalue weighted by atomic mass is 10.1. The maximum atomic E-state index is 12.2. The lowest BCUT2D eigenvalue weighted by molar-refractivity contribution is 0.0938. The van der Waals surface area contributed by atoms with Gasteiger partial charge >= 0.3 is 0 Å². The number of thiophene rings is 1. The monoisotopic (exact) mass is 318 g/mol. The molecule has 0 radical (unpaired) electrons. The molecule has 3 rings (SSSR count). The summed E-state index contributed by atoms with van der Waals surface area (Å²) < 4.78 is 0. The largest absolute Gasteiger partial charge is 0.339 e. The van der Waals surface area contributed by atoms with Crippen LogP contribution in [0.4, 0.5) is 0 Å². The number of carbonyl (C=O) groups excluding carboxylic acids is 1. The molecule has 2 aromatic heterocycles. The van der Waals surface area contributed by atoms with Crippen molar-refractivity contribution in [2.45, 2.75) is 6.04 Å². The first-order chi connectivity index (χ1) is 10.2. The Morgan fingerprint density at radius 2 is 2.10 bits per heavy atom. The third-order valence-corrected chi connectivity index (χ3v) is 4.14. The van der Waals surface area contributed by atoms with E-state index in [2.05, 4.69) is 20.7 Å². The van der Waals surface area contributed by atoms with Crippen molar-refractivity contribution in [3.8, 4) is 0 Å². The number of nitrogens with one attached hydrogen (secondary N) is 2. The fraction of sp³-hybridized carbons (Fsp3) is 0.0714. The molecular weight excluding hydrogens is 308 g/mol. The highest BCUT2D eigenvalue weighted by Gasteiger charge is 2.19. The summed E-state index contributed by atoms with van der Waals surface area (Å²) in [5, 5.41) is 15.5. The molecule has 3 aromatic rings. The van der Waals surface area contributed by atoms with Gasteiger partial charge in [-0.1, -0.05) is 29.8 Å². The Kier molecular flexibility index (Phi) is 3.98. The van der Waals surface area contributed by atoms with E-state index in [9.17, 15) is 4.79 Å². The van der Waals surface area contributed by atoms with Crippen LogP contribution in [0.15, 0.2) is 48.0 Å². The second-order valence-electron chi connectivity index (χ2n) is 4.33. The summed E-state index contributed by atoms with van der Waals surface area (Å²) in [5.74, 6) is -0.280. The topological polar surface area (TPSA) is 70.7 Å².